The fourth-order valence-electron chi connectivity index (χ4n) is 5.28. The van der Waals surface area contributed by atoms with E-state index in [0.717, 1.165) is 16.0 Å². The molecule has 0 fully saturated rings. The highest BCUT2D eigenvalue weighted by Gasteiger charge is 2.19. The first-order chi connectivity index (χ1) is 26.8. The number of nitrogens with zero attached hydrogens (tertiary/aromatic N) is 1. The molecule has 1 atom stereocenters. The largest absolute Gasteiger partial charge is 0.493 e. The summed E-state index contributed by atoms with van der Waals surface area (Å²) in [4.78, 5) is 45.4. The Kier molecular flexibility index (Phi) is 13.0. The Bertz CT molecular complexity index is 2280. The highest BCUT2D eigenvalue weighted by Crippen LogP contribution is 2.34. The van der Waals surface area contributed by atoms with E-state index in [1.165, 1.54) is 23.1 Å². The zero-order chi connectivity index (χ0) is 38.6. The van der Waals surface area contributed by atoms with Crippen molar-refractivity contribution in [2.45, 2.75) is 23.7 Å². The average Bonchev–Trinajstić information content (AvgIpc) is 3.69. The molecule has 0 spiro atoms. The second-order valence-corrected chi connectivity index (χ2v) is 14.3. The molecule has 5 aromatic carbocycles. The SMILES string of the molecule is COc1ccc(-c2csc(NC(=O)C(C)Sc3cccc(NC(=O)/C(=C/c4ccc(OCc5ccccc5)cc4)NC(=O)c4ccccc4)c3)n2)cc1OC. The van der Waals surface area contributed by atoms with Crippen LogP contribution in [0.1, 0.15) is 28.4 Å². The lowest BCUT2D eigenvalue weighted by Gasteiger charge is -2.14. The van der Waals surface area contributed by atoms with Crippen LogP contribution in [-0.2, 0) is 16.2 Å². The Balaban J connectivity index is 1.11. The van der Waals surface area contributed by atoms with E-state index in [1.807, 2.05) is 84.2 Å². The van der Waals surface area contributed by atoms with Crippen molar-refractivity contribution in [2.24, 2.45) is 0 Å². The van der Waals surface area contributed by atoms with E-state index in [0.29, 0.717) is 51.5 Å². The van der Waals surface area contributed by atoms with E-state index in [2.05, 4.69) is 20.9 Å². The second-order valence-electron chi connectivity index (χ2n) is 12.1. The molecule has 10 nitrogen and oxygen atoms in total. The van der Waals surface area contributed by atoms with Gasteiger partial charge in [-0.2, -0.15) is 0 Å². The van der Waals surface area contributed by atoms with Crippen molar-refractivity contribution in [3.8, 4) is 28.5 Å². The van der Waals surface area contributed by atoms with Crippen molar-refractivity contribution in [3.63, 3.8) is 0 Å². The summed E-state index contributed by atoms with van der Waals surface area (Å²) >= 11 is 2.66. The first kappa shape index (κ1) is 38.4. The molecule has 278 valence electrons. The van der Waals surface area contributed by atoms with Gasteiger partial charge in [-0.3, -0.25) is 14.4 Å². The molecular weight excluding hydrogens is 733 g/mol. The predicted molar refractivity (Wildman–Crippen MR) is 219 cm³/mol. The van der Waals surface area contributed by atoms with Gasteiger partial charge in [0.25, 0.3) is 11.8 Å². The maximum Gasteiger partial charge on any atom is 0.272 e. The van der Waals surface area contributed by atoms with Crippen LogP contribution in [0.5, 0.6) is 17.2 Å². The van der Waals surface area contributed by atoms with Crippen molar-refractivity contribution in [1.82, 2.24) is 10.3 Å². The number of anilines is 2. The van der Waals surface area contributed by atoms with Crippen LogP contribution in [0.15, 0.2) is 143 Å². The molecular formula is C43H38N4O6S2. The highest BCUT2D eigenvalue weighted by atomic mass is 32.2. The van der Waals surface area contributed by atoms with Gasteiger partial charge < -0.3 is 30.2 Å². The third kappa shape index (κ3) is 10.6. The number of hydrogen-bond acceptors (Lipinski definition) is 9. The van der Waals surface area contributed by atoms with Crippen LogP contribution < -0.4 is 30.2 Å². The maximum absolute atomic E-state index is 13.7. The number of nitrogens with one attached hydrogen (secondary N) is 3. The van der Waals surface area contributed by atoms with Crippen molar-refractivity contribution in [1.29, 1.82) is 0 Å². The number of benzene rings is 5. The van der Waals surface area contributed by atoms with Crippen LogP contribution in [0.3, 0.4) is 0 Å². The van der Waals surface area contributed by atoms with Gasteiger partial charge in [-0.05, 0) is 84.8 Å². The van der Waals surface area contributed by atoms with Gasteiger partial charge in [0.2, 0.25) is 5.91 Å². The van der Waals surface area contributed by atoms with Crippen LogP contribution in [-0.4, -0.2) is 42.2 Å². The molecule has 12 heteroatoms. The zero-order valence-corrected chi connectivity index (χ0v) is 31.9. The number of hydrogen-bond donors (Lipinski definition) is 3. The number of carbonyl (C=O) groups is 3. The zero-order valence-electron chi connectivity index (χ0n) is 30.3. The van der Waals surface area contributed by atoms with E-state index in [-0.39, 0.29) is 11.6 Å². The molecule has 0 bridgehead atoms. The van der Waals surface area contributed by atoms with Gasteiger partial charge in [-0.15, -0.1) is 23.1 Å². The van der Waals surface area contributed by atoms with E-state index >= 15 is 0 Å². The molecule has 0 radical (unpaired) electrons. The average molecular weight is 771 g/mol. The number of ether oxygens (including phenoxy) is 3. The first-order valence-electron chi connectivity index (χ1n) is 17.2. The van der Waals surface area contributed by atoms with Gasteiger partial charge in [0.05, 0.1) is 25.2 Å². The summed E-state index contributed by atoms with van der Waals surface area (Å²) in [5, 5.41) is 10.4. The molecule has 1 heterocycles. The lowest BCUT2D eigenvalue weighted by atomic mass is 10.1. The summed E-state index contributed by atoms with van der Waals surface area (Å²) in [6.45, 7) is 2.22. The summed E-state index contributed by atoms with van der Waals surface area (Å²) < 4.78 is 16.6. The summed E-state index contributed by atoms with van der Waals surface area (Å²) in [6.07, 6.45) is 1.61. The van der Waals surface area contributed by atoms with Gasteiger partial charge in [0, 0.05) is 27.1 Å². The van der Waals surface area contributed by atoms with Crippen molar-refractivity contribution in [2.75, 3.05) is 24.9 Å². The lowest BCUT2D eigenvalue weighted by molar-refractivity contribution is -0.115. The number of rotatable bonds is 15. The summed E-state index contributed by atoms with van der Waals surface area (Å²) in [5.74, 6) is 0.701. The van der Waals surface area contributed by atoms with Crippen LogP contribution in [0.4, 0.5) is 10.8 Å². The molecule has 0 aliphatic heterocycles. The van der Waals surface area contributed by atoms with Crippen molar-refractivity contribution in [3.05, 3.63) is 155 Å². The van der Waals surface area contributed by atoms with E-state index in [1.54, 1.807) is 75.8 Å². The molecule has 6 aromatic rings. The fraction of sp³-hybridized carbons (Fsp3) is 0.116. The van der Waals surface area contributed by atoms with Gasteiger partial charge in [0.1, 0.15) is 18.1 Å². The summed E-state index contributed by atoms with van der Waals surface area (Å²) in [5.41, 5.74) is 4.21. The lowest BCUT2D eigenvalue weighted by Crippen LogP contribution is -2.30. The van der Waals surface area contributed by atoms with Crippen LogP contribution >= 0.6 is 23.1 Å². The highest BCUT2D eigenvalue weighted by molar-refractivity contribution is 8.00. The van der Waals surface area contributed by atoms with Gasteiger partial charge in [0.15, 0.2) is 16.6 Å². The maximum atomic E-state index is 13.7. The minimum atomic E-state index is -0.518. The van der Waals surface area contributed by atoms with Crippen LogP contribution in [0, 0.1) is 0 Å². The van der Waals surface area contributed by atoms with Gasteiger partial charge >= 0.3 is 0 Å². The van der Waals surface area contributed by atoms with Crippen molar-refractivity contribution < 1.29 is 28.6 Å². The minimum Gasteiger partial charge on any atom is -0.493 e. The third-order valence-electron chi connectivity index (χ3n) is 8.16. The number of methoxy groups -OCH3 is 2. The Morgan fingerprint density at radius 1 is 0.800 bits per heavy atom. The molecule has 3 amide bonds. The Morgan fingerprint density at radius 2 is 1.53 bits per heavy atom. The number of aromatic nitrogens is 1. The summed E-state index contributed by atoms with van der Waals surface area (Å²) in [6, 6.07) is 38.5. The molecule has 1 aromatic heterocycles. The molecule has 55 heavy (non-hydrogen) atoms. The number of carbonyl (C=O) groups excluding carboxylic acids is 3. The van der Waals surface area contributed by atoms with Gasteiger partial charge in [-0.25, -0.2) is 4.98 Å². The fourth-order valence-corrected chi connectivity index (χ4v) is 6.93. The van der Waals surface area contributed by atoms with Crippen molar-refractivity contribution >= 4 is 57.7 Å². The Hall–Kier alpha value is -6.37. The molecule has 0 saturated carbocycles. The molecule has 1 unspecified atom stereocenters. The van der Waals surface area contributed by atoms with Gasteiger partial charge in [-0.1, -0.05) is 66.7 Å². The topological polar surface area (TPSA) is 128 Å². The monoisotopic (exact) mass is 770 g/mol. The van der Waals surface area contributed by atoms with E-state index in [4.69, 9.17) is 14.2 Å². The second kappa shape index (κ2) is 18.6. The smallest absolute Gasteiger partial charge is 0.272 e. The van der Waals surface area contributed by atoms with E-state index in [9.17, 15) is 14.4 Å². The predicted octanol–water partition coefficient (Wildman–Crippen LogP) is 8.94. The standard InChI is InChI=1S/C43H38N4O6S2/c1-28(40(48)47-43-46-37(27-54-43)32-19-22-38(51-2)39(24-32)52-3)55-35-16-10-15-33(25-35)44-42(50)36(45-41(49)31-13-8-5-9-14-31)23-29-17-20-34(21-18-29)53-26-30-11-6-4-7-12-30/h4-25,27-28H,26H2,1-3H3,(H,44,50)(H,45,49)(H,46,47,48)/b36-23-. The minimum absolute atomic E-state index is 0.0495. The normalized spacial score (nSPS) is 11.6. The van der Waals surface area contributed by atoms with E-state index < -0.39 is 17.1 Å². The summed E-state index contributed by atoms with van der Waals surface area (Å²) in [7, 11) is 3.15. The number of thioether (sulfide) groups is 1. The van der Waals surface area contributed by atoms with Crippen LogP contribution in [0.2, 0.25) is 0 Å². The third-order valence-corrected chi connectivity index (χ3v) is 10.0. The molecule has 0 saturated heterocycles. The Morgan fingerprint density at radius 3 is 2.25 bits per heavy atom. The molecule has 0 aliphatic rings. The van der Waals surface area contributed by atoms with Crippen LogP contribution in [0.25, 0.3) is 17.3 Å². The Labute approximate surface area is 327 Å². The number of thiazole rings is 1. The molecule has 0 aliphatic carbocycles. The first-order valence-corrected chi connectivity index (χ1v) is 19.0. The molecule has 6 rings (SSSR count). The molecule has 3 N–H and O–H groups in total. The number of amides is 3. The quantitative estimate of drug-likeness (QED) is 0.0698.